The summed E-state index contributed by atoms with van der Waals surface area (Å²) in [6.45, 7) is 4.31. The molecule has 28 heavy (non-hydrogen) atoms. The quantitative estimate of drug-likeness (QED) is 0.432. The number of carboxylic acids is 2. The molecule has 1 aromatic carbocycles. The number of likely N-dealkylation sites (tertiary alicyclic amines) is 1. The van der Waals surface area contributed by atoms with Crippen LogP contribution in [-0.2, 0) is 20.7 Å². The van der Waals surface area contributed by atoms with Crippen LogP contribution in [0.5, 0.6) is 0 Å². The Morgan fingerprint density at radius 2 is 1.86 bits per heavy atom. The third kappa shape index (κ3) is 8.18. The molecule has 152 valence electrons. The summed E-state index contributed by atoms with van der Waals surface area (Å²) in [5.41, 5.74) is 1.35. The average molecular weight is 407 g/mol. The highest BCUT2D eigenvalue weighted by Gasteiger charge is 2.22. The zero-order valence-electron chi connectivity index (χ0n) is 15.5. The van der Waals surface area contributed by atoms with Gasteiger partial charge in [-0.25, -0.2) is 9.59 Å². The second kappa shape index (κ2) is 11.6. The van der Waals surface area contributed by atoms with E-state index in [1.54, 1.807) is 11.3 Å². The van der Waals surface area contributed by atoms with Crippen molar-refractivity contribution in [1.82, 2.24) is 4.90 Å². The van der Waals surface area contributed by atoms with Crippen LogP contribution >= 0.6 is 11.3 Å². The lowest BCUT2D eigenvalue weighted by Gasteiger charge is -2.35. The van der Waals surface area contributed by atoms with Gasteiger partial charge in [-0.2, -0.15) is 0 Å². The van der Waals surface area contributed by atoms with Crippen molar-refractivity contribution in [2.45, 2.75) is 18.9 Å². The Bertz CT molecular complexity index is 781. The Labute approximate surface area is 167 Å². The molecule has 1 aliphatic rings. The molecule has 3 rings (SSSR count). The third-order valence-electron chi connectivity index (χ3n) is 4.12. The molecule has 7 nitrogen and oxygen atoms in total. The topological polar surface area (TPSA) is 107 Å². The standard InChI is InChI=1S/C16H21NO2S.C4H4O4/c18-15-11-17(12-15)6-1-7-19-8-4-13-2-3-16-14(10-13)5-9-20-16;5-3(6)1-2-4(7)8/h2-3,5,9-10,15,18H,1,4,6-8,11-12H2;1-2H,(H,5,6)(H,7,8). The number of benzene rings is 1. The second-order valence-corrected chi connectivity index (χ2v) is 7.38. The van der Waals surface area contributed by atoms with Gasteiger partial charge in [-0.05, 0) is 41.3 Å². The van der Waals surface area contributed by atoms with Crippen molar-refractivity contribution in [3.63, 3.8) is 0 Å². The van der Waals surface area contributed by atoms with E-state index in [4.69, 9.17) is 14.9 Å². The number of carboxylic acid groups (broad SMARTS) is 2. The number of nitrogens with zero attached hydrogens (tertiary/aromatic N) is 1. The summed E-state index contributed by atoms with van der Waals surface area (Å²) in [5.74, 6) is -2.51. The van der Waals surface area contributed by atoms with Crippen LogP contribution < -0.4 is 0 Å². The van der Waals surface area contributed by atoms with Gasteiger partial charge in [-0.3, -0.25) is 4.90 Å². The van der Waals surface area contributed by atoms with E-state index in [1.165, 1.54) is 15.6 Å². The smallest absolute Gasteiger partial charge is 0.328 e. The third-order valence-corrected chi connectivity index (χ3v) is 5.02. The summed E-state index contributed by atoms with van der Waals surface area (Å²) in [7, 11) is 0. The van der Waals surface area contributed by atoms with Crippen molar-refractivity contribution in [3.8, 4) is 0 Å². The monoisotopic (exact) mass is 407 g/mol. The first-order valence-corrected chi connectivity index (χ1v) is 9.90. The highest BCUT2D eigenvalue weighted by Crippen LogP contribution is 2.21. The van der Waals surface area contributed by atoms with Gasteiger partial charge in [0.1, 0.15) is 0 Å². The number of hydrogen-bond acceptors (Lipinski definition) is 6. The Balaban J connectivity index is 0.000000300. The molecular weight excluding hydrogens is 382 g/mol. The molecule has 0 spiro atoms. The van der Waals surface area contributed by atoms with Gasteiger partial charge < -0.3 is 20.1 Å². The minimum Gasteiger partial charge on any atom is -0.478 e. The molecule has 1 fully saturated rings. The molecule has 1 saturated heterocycles. The fourth-order valence-electron chi connectivity index (χ4n) is 2.72. The van der Waals surface area contributed by atoms with Crippen LogP contribution in [0.25, 0.3) is 10.1 Å². The Hall–Kier alpha value is -2.26. The molecule has 1 aliphatic heterocycles. The molecule has 0 aliphatic carbocycles. The minimum absolute atomic E-state index is 0.0945. The number of carbonyl (C=O) groups is 2. The summed E-state index contributed by atoms with van der Waals surface area (Å²) in [6.07, 6.45) is 3.05. The number of fused-ring (bicyclic) bond motifs is 1. The van der Waals surface area contributed by atoms with Crippen LogP contribution in [-0.4, -0.2) is 71.1 Å². The van der Waals surface area contributed by atoms with Gasteiger partial charge >= 0.3 is 11.9 Å². The largest absolute Gasteiger partial charge is 0.478 e. The summed E-state index contributed by atoms with van der Waals surface area (Å²) in [5, 5.41) is 28.3. The first-order chi connectivity index (χ1) is 13.4. The molecule has 1 aromatic heterocycles. The Kier molecular flexibility index (Phi) is 9.09. The van der Waals surface area contributed by atoms with Crippen molar-refractivity contribution < 1.29 is 29.6 Å². The number of thiophene rings is 1. The molecule has 2 heterocycles. The first kappa shape index (κ1) is 22.0. The van der Waals surface area contributed by atoms with Gasteiger partial charge in [-0.15, -0.1) is 11.3 Å². The predicted octanol–water partition coefficient (Wildman–Crippen LogP) is 2.24. The van der Waals surface area contributed by atoms with Crippen LogP contribution in [0.2, 0.25) is 0 Å². The maximum Gasteiger partial charge on any atom is 0.328 e. The van der Waals surface area contributed by atoms with E-state index in [0.717, 1.165) is 45.7 Å². The number of rotatable bonds is 9. The van der Waals surface area contributed by atoms with Gasteiger partial charge in [-0.1, -0.05) is 12.1 Å². The average Bonchev–Trinajstić information content (AvgIpc) is 3.09. The molecular formula is C20H25NO6S. The summed E-state index contributed by atoms with van der Waals surface area (Å²) >= 11 is 1.79. The molecule has 2 aromatic rings. The van der Waals surface area contributed by atoms with E-state index in [2.05, 4.69) is 34.5 Å². The highest BCUT2D eigenvalue weighted by molar-refractivity contribution is 7.17. The molecule has 0 bridgehead atoms. The van der Waals surface area contributed by atoms with Crippen molar-refractivity contribution in [2.24, 2.45) is 0 Å². The minimum atomic E-state index is -1.26. The zero-order chi connectivity index (χ0) is 20.4. The van der Waals surface area contributed by atoms with E-state index in [9.17, 15) is 14.7 Å². The molecule has 0 saturated carbocycles. The lowest BCUT2D eigenvalue weighted by atomic mass is 10.1. The Morgan fingerprint density at radius 1 is 1.14 bits per heavy atom. The maximum atomic E-state index is 9.55. The maximum absolute atomic E-state index is 9.55. The molecule has 0 radical (unpaired) electrons. The van der Waals surface area contributed by atoms with E-state index in [0.29, 0.717) is 12.2 Å². The first-order valence-electron chi connectivity index (χ1n) is 9.02. The van der Waals surface area contributed by atoms with E-state index in [1.807, 2.05) is 0 Å². The van der Waals surface area contributed by atoms with Gasteiger partial charge in [0.25, 0.3) is 0 Å². The molecule has 3 N–H and O–H groups in total. The van der Waals surface area contributed by atoms with Crippen LogP contribution in [0.1, 0.15) is 12.0 Å². The number of aliphatic hydroxyl groups excluding tert-OH is 1. The van der Waals surface area contributed by atoms with Crippen LogP contribution in [0.4, 0.5) is 0 Å². The van der Waals surface area contributed by atoms with Gasteiger partial charge in [0.2, 0.25) is 0 Å². The summed E-state index contributed by atoms with van der Waals surface area (Å²) in [4.78, 5) is 21.4. The lowest BCUT2D eigenvalue weighted by Crippen LogP contribution is -2.50. The van der Waals surface area contributed by atoms with E-state index in [-0.39, 0.29) is 6.10 Å². The van der Waals surface area contributed by atoms with Crippen LogP contribution in [0, 0.1) is 0 Å². The number of aliphatic carboxylic acids is 2. The lowest BCUT2D eigenvalue weighted by molar-refractivity contribution is -0.134. The molecule has 0 atom stereocenters. The van der Waals surface area contributed by atoms with Crippen molar-refractivity contribution in [2.75, 3.05) is 32.8 Å². The van der Waals surface area contributed by atoms with Crippen molar-refractivity contribution >= 4 is 33.4 Å². The van der Waals surface area contributed by atoms with E-state index < -0.39 is 11.9 Å². The fraction of sp³-hybridized carbons (Fsp3) is 0.400. The molecule has 8 heteroatoms. The number of aliphatic hydroxyl groups is 1. The van der Waals surface area contributed by atoms with Crippen LogP contribution in [0.15, 0.2) is 41.8 Å². The summed E-state index contributed by atoms with van der Waals surface area (Å²) < 4.78 is 7.04. The Morgan fingerprint density at radius 3 is 2.50 bits per heavy atom. The highest BCUT2D eigenvalue weighted by atomic mass is 32.1. The number of ether oxygens (including phenoxy) is 1. The fourth-order valence-corrected chi connectivity index (χ4v) is 3.49. The van der Waals surface area contributed by atoms with E-state index >= 15 is 0 Å². The zero-order valence-corrected chi connectivity index (χ0v) is 16.3. The molecule has 0 amide bonds. The van der Waals surface area contributed by atoms with Gasteiger partial charge in [0.15, 0.2) is 0 Å². The number of β-amino-alcohol motifs (C(OH)–C–C–N with tert-alkyl or cyclic N) is 1. The van der Waals surface area contributed by atoms with Gasteiger partial charge in [0.05, 0.1) is 12.7 Å². The molecule has 0 unspecified atom stereocenters. The SMILES string of the molecule is O=C(O)C=CC(=O)O.OC1CN(CCCOCCc2ccc3sccc3c2)C1. The van der Waals surface area contributed by atoms with Crippen molar-refractivity contribution in [1.29, 1.82) is 0 Å². The normalized spacial score (nSPS) is 14.6. The predicted molar refractivity (Wildman–Crippen MR) is 108 cm³/mol. The van der Waals surface area contributed by atoms with Crippen LogP contribution in [0.3, 0.4) is 0 Å². The number of hydrogen-bond donors (Lipinski definition) is 3. The second-order valence-electron chi connectivity index (χ2n) is 6.43. The van der Waals surface area contributed by atoms with Gasteiger partial charge in [0, 0.05) is 43.1 Å². The van der Waals surface area contributed by atoms with Crippen molar-refractivity contribution in [3.05, 3.63) is 47.4 Å². The summed E-state index contributed by atoms with van der Waals surface area (Å²) in [6, 6.07) is 8.83.